The summed E-state index contributed by atoms with van der Waals surface area (Å²) in [5.74, 6) is 0.688. The van der Waals surface area contributed by atoms with Crippen LogP contribution in [0.3, 0.4) is 0 Å². The van der Waals surface area contributed by atoms with E-state index in [1.165, 1.54) is 0 Å². The molecule has 0 atom stereocenters. The topological polar surface area (TPSA) is 57.0 Å². The van der Waals surface area contributed by atoms with Crippen LogP contribution >= 0.6 is 11.6 Å². The molecule has 0 aliphatic carbocycles. The number of carbonyl (C=O) groups excluding carboxylic acids is 1. The molecule has 5 nitrogen and oxygen atoms in total. The molecular weight excluding hydrogens is 302 g/mol. The van der Waals surface area contributed by atoms with E-state index in [0.717, 1.165) is 11.3 Å². The molecule has 0 aliphatic heterocycles. The van der Waals surface area contributed by atoms with Crippen molar-refractivity contribution in [2.75, 3.05) is 7.11 Å². The van der Waals surface area contributed by atoms with Gasteiger partial charge in [-0.2, -0.15) is 0 Å². The lowest BCUT2D eigenvalue weighted by atomic mass is 10.1. The van der Waals surface area contributed by atoms with Crippen LogP contribution in [0.2, 0.25) is 5.02 Å². The van der Waals surface area contributed by atoms with Crippen LogP contribution in [0.15, 0.2) is 48.5 Å². The molecule has 0 saturated heterocycles. The van der Waals surface area contributed by atoms with Crippen LogP contribution in [0.25, 0.3) is 16.9 Å². The fourth-order valence-corrected chi connectivity index (χ4v) is 2.39. The highest BCUT2D eigenvalue weighted by Gasteiger charge is 2.16. The van der Waals surface area contributed by atoms with Gasteiger partial charge in [-0.1, -0.05) is 35.0 Å². The Balaban J connectivity index is 2.21. The van der Waals surface area contributed by atoms with Gasteiger partial charge in [0.05, 0.1) is 12.8 Å². The fraction of sp³-hybridized carbons (Fsp3) is 0.0625. The van der Waals surface area contributed by atoms with Crippen molar-refractivity contribution in [3.8, 4) is 22.7 Å². The molecular formula is C16H12ClN3O2. The second-order valence-corrected chi connectivity index (χ2v) is 5.00. The summed E-state index contributed by atoms with van der Waals surface area (Å²) in [7, 11) is 1.59. The summed E-state index contributed by atoms with van der Waals surface area (Å²) in [4.78, 5) is 11.3. The normalized spacial score (nSPS) is 10.5. The van der Waals surface area contributed by atoms with Crippen LogP contribution in [-0.4, -0.2) is 28.4 Å². The lowest BCUT2D eigenvalue weighted by Gasteiger charge is -2.08. The molecule has 0 N–H and O–H groups in total. The van der Waals surface area contributed by atoms with E-state index in [-0.39, 0.29) is 5.69 Å². The Morgan fingerprint density at radius 1 is 1.18 bits per heavy atom. The van der Waals surface area contributed by atoms with Crippen LogP contribution in [0, 0.1) is 0 Å². The van der Waals surface area contributed by atoms with E-state index in [1.54, 1.807) is 23.9 Å². The molecule has 3 aromatic rings. The molecule has 0 bridgehead atoms. The third-order valence-corrected chi connectivity index (χ3v) is 3.44. The van der Waals surface area contributed by atoms with E-state index in [4.69, 9.17) is 16.3 Å². The number of aldehydes is 1. The van der Waals surface area contributed by atoms with E-state index < -0.39 is 0 Å². The van der Waals surface area contributed by atoms with Crippen LogP contribution in [0.1, 0.15) is 10.5 Å². The van der Waals surface area contributed by atoms with Crippen molar-refractivity contribution in [1.29, 1.82) is 0 Å². The summed E-state index contributed by atoms with van der Waals surface area (Å²) in [6.45, 7) is 0. The van der Waals surface area contributed by atoms with Gasteiger partial charge in [-0.05, 0) is 30.3 Å². The van der Waals surface area contributed by atoms with Gasteiger partial charge in [0, 0.05) is 10.6 Å². The third kappa shape index (κ3) is 2.58. The maximum Gasteiger partial charge on any atom is 0.172 e. The third-order valence-electron chi connectivity index (χ3n) is 3.20. The molecule has 1 aromatic heterocycles. The molecule has 0 saturated carbocycles. The second kappa shape index (κ2) is 5.99. The number of nitrogens with zero attached hydrogens (tertiary/aromatic N) is 3. The number of methoxy groups -OCH3 is 1. The SMILES string of the molecule is COc1cccc(-c2c(C=O)nnn2-c2cccc(Cl)c2)c1. The molecule has 0 unspecified atom stereocenters. The maximum absolute atomic E-state index is 11.3. The van der Waals surface area contributed by atoms with Gasteiger partial charge < -0.3 is 4.74 Å². The van der Waals surface area contributed by atoms with Crippen LogP contribution < -0.4 is 4.74 Å². The monoisotopic (exact) mass is 313 g/mol. The largest absolute Gasteiger partial charge is 0.497 e. The highest BCUT2D eigenvalue weighted by molar-refractivity contribution is 6.30. The standard InChI is InChI=1S/C16H12ClN3O2/c1-22-14-7-2-4-11(8-14)16-15(10-21)18-19-20(16)13-6-3-5-12(17)9-13/h2-10H,1H3. The molecule has 22 heavy (non-hydrogen) atoms. The van der Waals surface area contributed by atoms with Gasteiger partial charge in [0.15, 0.2) is 12.0 Å². The summed E-state index contributed by atoms with van der Waals surface area (Å²) in [5.41, 5.74) is 2.36. The van der Waals surface area contributed by atoms with Gasteiger partial charge in [0.1, 0.15) is 11.4 Å². The molecule has 110 valence electrons. The first-order valence-electron chi connectivity index (χ1n) is 6.54. The number of hydrogen-bond acceptors (Lipinski definition) is 4. The smallest absolute Gasteiger partial charge is 0.172 e. The molecule has 6 heteroatoms. The maximum atomic E-state index is 11.3. The van der Waals surface area contributed by atoms with Crippen molar-refractivity contribution in [2.24, 2.45) is 0 Å². The van der Waals surface area contributed by atoms with Crippen molar-refractivity contribution in [3.63, 3.8) is 0 Å². The minimum absolute atomic E-state index is 0.258. The summed E-state index contributed by atoms with van der Waals surface area (Å²) < 4.78 is 6.82. The molecule has 0 radical (unpaired) electrons. The van der Waals surface area contributed by atoms with Gasteiger partial charge in [-0.3, -0.25) is 4.79 Å². The Bertz CT molecular complexity index is 830. The van der Waals surface area contributed by atoms with Crippen LogP contribution in [0.5, 0.6) is 5.75 Å². The van der Waals surface area contributed by atoms with Gasteiger partial charge >= 0.3 is 0 Å². The molecule has 3 rings (SSSR count). The van der Waals surface area contributed by atoms with E-state index in [1.807, 2.05) is 36.4 Å². The number of rotatable bonds is 4. The number of aromatic nitrogens is 3. The zero-order chi connectivity index (χ0) is 15.5. The minimum atomic E-state index is 0.258. The summed E-state index contributed by atoms with van der Waals surface area (Å²) in [6, 6.07) is 14.6. The molecule has 2 aromatic carbocycles. The first-order valence-corrected chi connectivity index (χ1v) is 6.92. The first kappa shape index (κ1) is 14.3. The van der Waals surface area contributed by atoms with Crippen LogP contribution in [-0.2, 0) is 0 Å². The Hall–Kier alpha value is -2.66. The predicted octanol–water partition coefficient (Wildman–Crippen LogP) is 3.41. The minimum Gasteiger partial charge on any atom is -0.497 e. The molecule has 0 spiro atoms. The van der Waals surface area contributed by atoms with E-state index in [9.17, 15) is 4.79 Å². The van der Waals surface area contributed by atoms with Crippen molar-refractivity contribution < 1.29 is 9.53 Å². The molecule has 0 amide bonds. The number of hydrogen-bond donors (Lipinski definition) is 0. The highest BCUT2D eigenvalue weighted by Crippen LogP contribution is 2.28. The average Bonchev–Trinajstić information content (AvgIpc) is 2.99. The van der Waals surface area contributed by atoms with Gasteiger partial charge in [-0.25, -0.2) is 4.68 Å². The Morgan fingerprint density at radius 2 is 2.00 bits per heavy atom. The average molecular weight is 314 g/mol. The lowest BCUT2D eigenvalue weighted by Crippen LogP contribution is -2.00. The molecule has 0 fully saturated rings. The van der Waals surface area contributed by atoms with Crippen molar-refractivity contribution in [1.82, 2.24) is 15.0 Å². The van der Waals surface area contributed by atoms with E-state index in [2.05, 4.69) is 10.3 Å². The Labute approximate surface area is 132 Å². The Morgan fingerprint density at radius 3 is 2.73 bits per heavy atom. The second-order valence-electron chi connectivity index (χ2n) is 4.56. The summed E-state index contributed by atoms with van der Waals surface area (Å²) in [6.07, 6.45) is 0.683. The first-order chi connectivity index (χ1) is 10.7. The van der Waals surface area contributed by atoms with Gasteiger partial charge in [-0.15, -0.1) is 5.10 Å². The molecule has 1 heterocycles. The predicted molar refractivity (Wildman–Crippen MR) is 83.7 cm³/mol. The fourth-order valence-electron chi connectivity index (χ4n) is 2.20. The van der Waals surface area contributed by atoms with Gasteiger partial charge in [0.2, 0.25) is 0 Å². The van der Waals surface area contributed by atoms with Crippen molar-refractivity contribution in [3.05, 3.63) is 59.2 Å². The van der Waals surface area contributed by atoms with E-state index >= 15 is 0 Å². The zero-order valence-electron chi connectivity index (χ0n) is 11.7. The zero-order valence-corrected chi connectivity index (χ0v) is 12.5. The number of halogens is 1. The Kier molecular flexibility index (Phi) is 3.89. The molecule has 0 aliphatic rings. The summed E-state index contributed by atoms with van der Waals surface area (Å²) >= 11 is 6.03. The quantitative estimate of drug-likeness (QED) is 0.693. The number of carbonyl (C=O) groups is 1. The summed E-state index contributed by atoms with van der Waals surface area (Å²) in [5, 5.41) is 8.58. The van der Waals surface area contributed by atoms with Crippen molar-refractivity contribution >= 4 is 17.9 Å². The number of ether oxygens (including phenoxy) is 1. The lowest BCUT2D eigenvalue weighted by molar-refractivity contribution is 0.111. The highest BCUT2D eigenvalue weighted by atomic mass is 35.5. The van der Waals surface area contributed by atoms with Crippen LogP contribution in [0.4, 0.5) is 0 Å². The van der Waals surface area contributed by atoms with E-state index in [0.29, 0.717) is 22.8 Å². The van der Waals surface area contributed by atoms with Crippen molar-refractivity contribution in [2.45, 2.75) is 0 Å². The number of benzene rings is 2. The van der Waals surface area contributed by atoms with Gasteiger partial charge in [0.25, 0.3) is 0 Å².